The summed E-state index contributed by atoms with van der Waals surface area (Å²) in [6, 6.07) is 13.6. The van der Waals surface area contributed by atoms with Crippen LogP contribution in [0.25, 0.3) is 15.9 Å². The van der Waals surface area contributed by atoms with Crippen molar-refractivity contribution in [1.29, 1.82) is 5.26 Å². The van der Waals surface area contributed by atoms with Gasteiger partial charge in [-0.2, -0.15) is 5.26 Å². The highest BCUT2D eigenvalue weighted by Gasteiger charge is 2.42. The zero-order chi connectivity index (χ0) is 29.0. The maximum Gasteiger partial charge on any atom is 0.346 e. The lowest BCUT2D eigenvalue weighted by molar-refractivity contribution is -0.0708. The van der Waals surface area contributed by atoms with Crippen LogP contribution >= 0.6 is 11.3 Å². The van der Waals surface area contributed by atoms with Crippen molar-refractivity contribution in [2.24, 2.45) is 0 Å². The van der Waals surface area contributed by atoms with E-state index in [0.717, 1.165) is 47.8 Å². The summed E-state index contributed by atoms with van der Waals surface area (Å²) in [5.41, 5.74) is 3.20. The van der Waals surface area contributed by atoms with E-state index in [9.17, 15) is 14.3 Å². The van der Waals surface area contributed by atoms with Crippen LogP contribution < -0.4 is 9.47 Å². The van der Waals surface area contributed by atoms with Crippen LogP contribution in [-0.2, 0) is 23.6 Å². The number of hydrogen-bond donors (Lipinski definition) is 1. The van der Waals surface area contributed by atoms with Crippen molar-refractivity contribution < 1.29 is 28.5 Å². The highest BCUT2D eigenvalue weighted by Crippen LogP contribution is 2.49. The Kier molecular flexibility index (Phi) is 6.50. The first kappa shape index (κ1) is 26.6. The van der Waals surface area contributed by atoms with E-state index in [1.165, 1.54) is 23.5 Å². The number of ether oxygens (including phenoxy) is 3. The number of aromatic carboxylic acids is 1. The molecule has 3 aliphatic rings. The van der Waals surface area contributed by atoms with Gasteiger partial charge in [0.05, 0.1) is 36.4 Å². The number of carboxylic acids is 1. The van der Waals surface area contributed by atoms with Crippen molar-refractivity contribution in [3.05, 3.63) is 81.7 Å². The van der Waals surface area contributed by atoms with Crippen LogP contribution in [0.4, 0.5) is 4.39 Å². The van der Waals surface area contributed by atoms with E-state index in [4.69, 9.17) is 24.5 Å². The maximum atomic E-state index is 14.9. The highest BCUT2D eigenvalue weighted by molar-refractivity contribution is 7.20. The van der Waals surface area contributed by atoms with E-state index in [1.54, 1.807) is 19.1 Å². The standard InChI is InChI=1S/C31H27FN4O5S/c1-31(22-6-5-18(15-33)13-23(22)32)40-25-4-2-3-21(28(25)41-31)19-7-10-35(11-8-19)17-27-34-24-14-26(30(37)38)42-29(24)36(27)16-20-9-12-39-20/h2-7,13-14,20H,8-12,16-17H2,1H3,(H,37,38)/t20-,31+/m0/s1. The molecular weight excluding hydrogens is 559 g/mol. The third-order valence-corrected chi connectivity index (χ3v) is 9.20. The Morgan fingerprint density at radius 2 is 2.14 bits per heavy atom. The van der Waals surface area contributed by atoms with Gasteiger partial charge in [-0.25, -0.2) is 14.2 Å². The highest BCUT2D eigenvalue weighted by atomic mass is 32.1. The number of carboxylic acid groups (broad SMARTS) is 1. The van der Waals surface area contributed by atoms with Crippen molar-refractivity contribution in [1.82, 2.24) is 14.5 Å². The SMILES string of the molecule is C[C@@]1(c2ccc(C#N)cc2F)Oc2cccc(C3=CCN(Cc4nc5cc(C(=O)O)sc5n4C[C@@H]4CCO4)CC3)c2O1. The average molecular weight is 587 g/mol. The Morgan fingerprint density at radius 3 is 2.83 bits per heavy atom. The number of nitriles is 1. The molecule has 1 N–H and O–H groups in total. The molecule has 0 radical (unpaired) electrons. The number of nitrogens with zero attached hydrogens (tertiary/aromatic N) is 4. The van der Waals surface area contributed by atoms with Crippen molar-refractivity contribution in [3.63, 3.8) is 0 Å². The zero-order valence-electron chi connectivity index (χ0n) is 22.8. The molecule has 214 valence electrons. The van der Waals surface area contributed by atoms with Gasteiger partial charge in [-0.05, 0) is 48.7 Å². The molecule has 4 aromatic rings. The maximum absolute atomic E-state index is 14.9. The van der Waals surface area contributed by atoms with E-state index < -0.39 is 17.6 Å². The van der Waals surface area contributed by atoms with Crippen LogP contribution in [0.5, 0.6) is 11.5 Å². The number of hydrogen-bond acceptors (Lipinski definition) is 8. The van der Waals surface area contributed by atoms with Gasteiger partial charge in [-0.15, -0.1) is 11.3 Å². The molecule has 0 spiro atoms. The fourth-order valence-corrected chi connectivity index (χ4v) is 6.72. The van der Waals surface area contributed by atoms with Gasteiger partial charge in [0.25, 0.3) is 5.79 Å². The molecule has 11 heteroatoms. The molecule has 0 unspecified atom stereocenters. The normalized spacial score (nSPS) is 21.6. The van der Waals surface area contributed by atoms with Crippen LogP contribution in [0.3, 0.4) is 0 Å². The Labute approximate surface area is 245 Å². The number of halogens is 1. The molecule has 0 saturated carbocycles. The first-order chi connectivity index (χ1) is 20.3. The molecular formula is C31H27FN4O5S. The van der Waals surface area contributed by atoms with E-state index in [-0.39, 0.29) is 22.1 Å². The summed E-state index contributed by atoms with van der Waals surface area (Å²) >= 11 is 1.25. The Balaban J connectivity index is 1.10. The minimum atomic E-state index is -1.35. The smallest absolute Gasteiger partial charge is 0.346 e. The molecule has 7 rings (SSSR count). The van der Waals surface area contributed by atoms with Crippen molar-refractivity contribution in [2.75, 3.05) is 19.7 Å². The number of thiophene rings is 1. The van der Waals surface area contributed by atoms with E-state index in [0.29, 0.717) is 36.6 Å². The van der Waals surface area contributed by atoms with Crippen molar-refractivity contribution in [2.45, 2.75) is 44.7 Å². The quantitative estimate of drug-likeness (QED) is 0.301. The van der Waals surface area contributed by atoms with Gasteiger partial charge in [-0.1, -0.05) is 18.2 Å². The fourth-order valence-electron chi connectivity index (χ4n) is 5.75. The molecule has 9 nitrogen and oxygen atoms in total. The molecule has 1 saturated heterocycles. The average Bonchev–Trinajstić information content (AvgIpc) is 3.62. The van der Waals surface area contributed by atoms with Crippen molar-refractivity contribution in [3.8, 4) is 17.6 Å². The minimum Gasteiger partial charge on any atom is -0.477 e. The first-order valence-corrected chi connectivity index (χ1v) is 14.6. The number of benzene rings is 2. The predicted molar refractivity (Wildman–Crippen MR) is 153 cm³/mol. The summed E-state index contributed by atoms with van der Waals surface area (Å²) in [7, 11) is 0. The second kappa shape index (κ2) is 10.2. The number of rotatable bonds is 7. The zero-order valence-corrected chi connectivity index (χ0v) is 23.6. The summed E-state index contributed by atoms with van der Waals surface area (Å²) < 4.78 is 35.1. The third kappa shape index (κ3) is 4.61. The molecule has 2 aromatic heterocycles. The lowest BCUT2D eigenvalue weighted by atomic mass is 9.98. The molecule has 5 heterocycles. The van der Waals surface area contributed by atoms with E-state index >= 15 is 0 Å². The number of para-hydroxylation sites is 1. The Hall–Kier alpha value is -4.24. The molecule has 2 aromatic carbocycles. The number of imidazole rings is 1. The summed E-state index contributed by atoms with van der Waals surface area (Å²) in [6.07, 6.45) is 4.05. The van der Waals surface area contributed by atoms with Gasteiger partial charge >= 0.3 is 5.97 Å². The molecule has 0 amide bonds. The Bertz CT molecular complexity index is 1800. The molecule has 2 atom stereocenters. The van der Waals surface area contributed by atoms with E-state index in [2.05, 4.69) is 15.5 Å². The van der Waals surface area contributed by atoms with E-state index in [1.807, 2.05) is 24.3 Å². The van der Waals surface area contributed by atoms with Gasteiger partial charge in [0, 0.05) is 32.2 Å². The number of fused-ring (bicyclic) bond motifs is 2. The van der Waals surface area contributed by atoms with Gasteiger partial charge in [0.1, 0.15) is 26.9 Å². The third-order valence-electron chi connectivity index (χ3n) is 8.06. The molecule has 1 fully saturated rings. The lowest BCUT2D eigenvalue weighted by Gasteiger charge is -2.29. The fraction of sp³-hybridized carbons (Fsp3) is 0.323. The molecule has 0 aliphatic carbocycles. The summed E-state index contributed by atoms with van der Waals surface area (Å²) in [4.78, 5) is 19.8. The molecule has 0 bridgehead atoms. The predicted octanol–water partition coefficient (Wildman–Crippen LogP) is 5.53. The molecule has 42 heavy (non-hydrogen) atoms. The number of carbonyl (C=O) groups is 1. The van der Waals surface area contributed by atoms with Crippen LogP contribution in [0.2, 0.25) is 0 Å². The van der Waals surface area contributed by atoms with Crippen LogP contribution in [0.15, 0.2) is 48.5 Å². The van der Waals surface area contributed by atoms with Gasteiger partial charge in [0.2, 0.25) is 0 Å². The second-order valence-corrected chi connectivity index (χ2v) is 11.9. The topological polar surface area (TPSA) is 110 Å². The Morgan fingerprint density at radius 1 is 1.29 bits per heavy atom. The van der Waals surface area contributed by atoms with Gasteiger partial charge < -0.3 is 23.9 Å². The summed E-state index contributed by atoms with van der Waals surface area (Å²) in [5.74, 6) is -0.828. The van der Waals surface area contributed by atoms with Gasteiger partial charge in [-0.3, -0.25) is 4.90 Å². The minimum absolute atomic E-state index is 0.121. The first-order valence-electron chi connectivity index (χ1n) is 13.8. The monoisotopic (exact) mass is 586 g/mol. The number of aromatic nitrogens is 2. The lowest BCUT2D eigenvalue weighted by Crippen LogP contribution is -2.33. The van der Waals surface area contributed by atoms with Crippen LogP contribution in [-0.4, -0.2) is 51.3 Å². The van der Waals surface area contributed by atoms with Crippen molar-refractivity contribution >= 4 is 33.2 Å². The van der Waals surface area contributed by atoms with Gasteiger partial charge in [0.15, 0.2) is 11.5 Å². The molecule has 3 aliphatic heterocycles. The van der Waals surface area contributed by atoms with Crippen LogP contribution in [0.1, 0.15) is 52.0 Å². The summed E-state index contributed by atoms with van der Waals surface area (Å²) in [6.45, 7) is 5.21. The second-order valence-electron chi connectivity index (χ2n) is 10.8. The van der Waals surface area contributed by atoms with Crippen LogP contribution in [0, 0.1) is 17.1 Å². The summed E-state index contributed by atoms with van der Waals surface area (Å²) in [5, 5.41) is 18.6. The largest absolute Gasteiger partial charge is 0.477 e.